The third kappa shape index (κ3) is 4.79. The number of carboxylic acid groups (broad SMARTS) is 1. The minimum absolute atomic E-state index is 0.263. The van der Waals surface area contributed by atoms with Gasteiger partial charge in [-0.1, -0.05) is 6.92 Å². The molecule has 0 radical (unpaired) electrons. The molecular formula is C16H29NO11. The van der Waals surface area contributed by atoms with Crippen LogP contribution >= 0.6 is 0 Å². The molecule has 2 saturated heterocycles. The molecule has 10 atom stereocenters. The molecule has 12 nitrogen and oxygen atoms in total. The zero-order valence-electron chi connectivity index (χ0n) is 15.9. The summed E-state index contributed by atoms with van der Waals surface area (Å²) in [4.78, 5) is 16.5. The maximum Gasteiger partial charge on any atom is 0.333 e. The summed E-state index contributed by atoms with van der Waals surface area (Å²) in [6.45, 7) is 2.85. The van der Waals surface area contributed by atoms with Gasteiger partial charge in [0.2, 0.25) is 0 Å². The third-order valence-electron chi connectivity index (χ3n) is 4.91. The Balaban J connectivity index is 2.25. The molecule has 0 amide bonds. The van der Waals surface area contributed by atoms with Crippen molar-refractivity contribution in [2.45, 2.75) is 69.1 Å². The van der Waals surface area contributed by atoms with Crippen LogP contribution in [0, 0.1) is 5.92 Å². The van der Waals surface area contributed by atoms with Crippen LogP contribution in [0.5, 0.6) is 0 Å². The van der Waals surface area contributed by atoms with Crippen LogP contribution < -0.4 is 5.48 Å². The van der Waals surface area contributed by atoms with E-state index in [4.69, 9.17) is 23.8 Å². The number of methoxy groups -OCH3 is 1. The quantitative estimate of drug-likeness (QED) is 0.226. The lowest BCUT2D eigenvalue weighted by molar-refractivity contribution is -0.340. The fourth-order valence-electron chi connectivity index (χ4n) is 3.29. The first kappa shape index (κ1) is 23.3. The predicted molar refractivity (Wildman–Crippen MR) is 89.7 cm³/mol. The fraction of sp³-hybridized carbons (Fsp3) is 0.938. The smallest absolute Gasteiger partial charge is 0.333 e. The molecule has 0 aromatic carbocycles. The van der Waals surface area contributed by atoms with Crippen molar-refractivity contribution in [1.82, 2.24) is 5.48 Å². The van der Waals surface area contributed by atoms with E-state index in [1.807, 2.05) is 0 Å². The molecule has 2 aliphatic rings. The Labute approximate surface area is 161 Å². The third-order valence-corrected chi connectivity index (χ3v) is 4.91. The summed E-state index contributed by atoms with van der Waals surface area (Å²) in [6, 6.07) is -0.918. The number of ether oxygens (including phenoxy) is 4. The first-order valence-corrected chi connectivity index (χ1v) is 9.01. The normalized spacial score (nSPS) is 44.4. The standard InChI is InChI=1S/C16H29NO11/c1-4-25-17-8-13(10(20)7(5-18)26-15(8)24-3)28-16-11(21)9(19)6(2)12(27-16)14(22)23/h6-13,15-21H,4-5H2,1-3H3,(H,22,23). The Kier molecular flexibility index (Phi) is 8.51. The van der Waals surface area contributed by atoms with Crippen molar-refractivity contribution in [2.24, 2.45) is 5.92 Å². The first-order valence-electron chi connectivity index (χ1n) is 9.01. The van der Waals surface area contributed by atoms with Crippen molar-refractivity contribution in [3.63, 3.8) is 0 Å². The topological polar surface area (TPSA) is 176 Å². The van der Waals surface area contributed by atoms with Crippen molar-refractivity contribution in [2.75, 3.05) is 20.3 Å². The fourth-order valence-corrected chi connectivity index (χ4v) is 3.29. The Bertz CT molecular complexity index is 509. The summed E-state index contributed by atoms with van der Waals surface area (Å²) >= 11 is 0. The lowest BCUT2D eigenvalue weighted by atomic mass is 9.90. The molecule has 2 rings (SSSR count). The highest BCUT2D eigenvalue weighted by molar-refractivity contribution is 5.73. The zero-order valence-corrected chi connectivity index (χ0v) is 15.9. The van der Waals surface area contributed by atoms with E-state index in [0.717, 1.165) is 0 Å². The molecule has 0 aliphatic carbocycles. The van der Waals surface area contributed by atoms with E-state index in [2.05, 4.69) is 5.48 Å². The van der Waals surface area contributed by atoms with E-state index in [1.54, 1.807) is 6.92 Å². The summed E-state index contributed by atoms with van der Waals surface area (Å²) in [6.07, 6.45) is -10.7. The van der Waals surface area contributed by atoms with Gasteiger partial charge in [-0.2, -0.15) is 5.48 Å². The molecule has 164 valence electrons. The number of aliphatic hydroxyl groups is 4. The van der Waals surface area contributed by atoms with Gasteiger partial charge in [-0.05, 0) is 6.92 Å². The van der Waals surface area contributed by atoms with Crippen LogP contribution in [0.15, 0.2) is 0 Å². The number of carbonyl (C=O) groups is 1. The van der Waals surface area contributed by atoms with Crippen LogP contribution in [-0.4, -0.2) is 107 Å². The average Bonchev–Trinajstić information content (AvgIpc) is 2.67. The van der Waals surface area contributed by atoms with Gasteiger partial charge >= 0.3 is 5.97 Å². The van der Waals surface area contributed by atoms with Gasteiger partial charge in [-0.15, -0.1) is 0 Å². The second-order valence-electron chi connectivity index (χ2n) is 6.73. The number of nitrogens with one attached hydrogen (secondary N) is 1. The summed E-state index contributed by atoms with van der Waals surface area (Å²) in [5.74, 6) is -2.22. The summed E-state index contributed by atoms with van der Waals surface area (Å²) in [5.41, 5.74) is 2.62. The number of aliphatic hydroxyl groups excluding tert-OH is 4. The van der Waals surface area contributed by atoms with Gasteiger partial charge < -0.3 is 49.3 Å². The van der Waals surface area contributed by atoms with Gasteiger partial charge in [0.1, 0.15) is 30.5 Å². The second kappa shape index (κ2) is 10.2. The van der Waals surface area contributed by atoms with Crippen LogP contribution in [0.3, 0.4) is 0 Å². The number of aliphatic carboxylic acids is 1. The van der Waals surface area contributed by atoms with Crippen molar-refractivity contribution in [3.05, 3.63) is 0 Å². The minimum Gasteiger partial charge on any atom is -0.479 e. The van der Waals surface area contributed by atoms with E-state index >= 15 is 0 Å². The highest BCUT2D eigenvalue weighted by Gasteiger charge is 2.51. The number of carboxylic acids is 1. The lowest BCUT2D eigenvalue weighted by Crippen LogP contribution is -2.67. The molecule has 0 saturated carbocycles. The Morgan fingerprint density at radius 1 is 1.11 bits per heavy atom. The SMILES string of the molecule is CCONC1C(OC)OC(CO)C(O)C1OC1OC(C(=O)O)C(C)C(O)C1O. The van der Waals surface area contributed by atoms with E-state index in [0.29, 0.717) is 0 Å². The summed E-state index contributed by atoms with van der Waals surface area (Å²) in [5, 5.41) is 49.8. The molecule has 10 unspecified atom stereocenters. The van der Waals surface area contributed by atoms with E-state index in [9.17, 15) is 30.3 Å². The molecule has 0 aromatic rings. The largest absolute Gasteiger partial charge is 0.479 e. The number of hydrogen-bond donors (Lipinski definition) is 6. The monoisotopic (exact) mass is 411 g/mol. The Morgan fingerprint density at radius 2 is 1.79 bits per heavy atom. The first-order chi connectivity index (χ1) is 13.3. The van der Waals surface area contributed by atoms with Crippen molar-refractivity contribution >= 4 is 5.97 Å². The maximum atomic E-state index is 11.4. The molecule has 2 aliphatic heterocycles. The second-order valence-corrected chi connectivity index (χ2v) is 6.73. The number of rotatable bonds is 8. The van der Waals surface area contributed by atoms with Crippen molar-refractivity contribution in [3.8, 4) is 0 Å². The number of hydrogen-bond acceptors (Lipinski definition) is 11. The minimum atomic E-state index is -1.57. The highest BCUT2D eigenvalue weighted by atomic mass is 16.7. The van der Waals surface area contributed by atoms with Crippen LogP contribution in [0.4, 0.5) is 0 Å². The molecule has 0 spiro atoms. The van der Waals surface area contributed by atoms with E-state index in [1.165, 1.54) is 14.0 Å². The summed E-state index contributed by atoms with van der Waals surface area (Å²) in [7, 11) is 1.34. The highest BCUT2D eigenvalue weighted by Crippen LogP contribution is 2.31. The van der Waals surface area contributed by atoms with E-state index < -0.39 is 73.7 Å². The molecule has 0 bridgehead atoms. The summed E-state index contributed by atoms with van der Waals surface area (Å²) < 4.78 is 21.7. The van der Waals surface area contributed by atoms with E-state index in [-0.39, 0.29) is 6.61 Å². The van der Waals surface area contributed by atoms with Gasteiger partial charge in [-0.3, -0.25) is 0 Å². The predicted octanol–water partition coefficient (Wildman–Crippen LogP) is -2.83. The van der Waals surface area contributed by atoms with Gasteiger partial charge in [0, 0.05) is 13.0 Å². The van der Waals surface area contributed by atoms with Crippen LogP contribution in [0.1, 0.15) is 13.8 Å². The number of hydroxylamine groups is 1. The Morgan fingerprint density at radius 3 is 2.32 bits per heavy atom. The zero-order chi connectivity index (χ0) is 21.0. The van der Waals surface area contributed by atoms with Gasteiger partial charge in [0.05, 0.1) is 19.3 Å². The molecule has 12 heteroatoms. The van der Waals surface area contributed by atoms with Gasteiger partial charge in [0.15, 0.2) is 18.7 Å². The van der Waals surface area contributed by atoms with Crippen molar-refractivity contribution in [1.29, 1.82) is 0 Å². The molecule has 0 aromatic heterocycles. The van der Waals surface area contributed by atoms with Crippen molar-refractivity contribution < 1.29 is 54.1 Å². The molecular weight excluding hydrogens is 382 g/mol. The molecule has 6 N–H and O–H groups in total. The van der Waals surface area contributed by atoms with Crippen LogP contribution in [0.2, 0.25) is 0 Å². The van der Waals surface area contributed by atoms with Gasteiger partial charge in [-0.25, -0.2) is 4.79 Å². The van der Waals surface area contributed by atoms with Gasteiger partial charge in [0.25, 0.3) is 0 Å². The Hall–Kier alpha value is -0.930. The average molecular weight is 411 g/mol. The maximum absolute atomic E-state index is 11.4. The lowest BCUT2D eigenvalue weighted by Gasteiger charge is -2.47. The van der Waals surface area contributed by atoms with Crippen LogP contribution in [-0.2, 0) is 28.6 Å². The van der Waals surface area contributed by atoms with Crippen LogP contribution in [0.25, 0.3) is 0 Å². The molecule has 28 heavy (non-hydrogen) atoms. The molecule has 2 fully saturated rings. The molecule has 2 heterocycles.